The van der Waals surface area contributed by atoms with Crippen molar-refractivity contribution in [1.29, 1.82) is 0 Å². The lowest BCUT2D eigenvalue weighted by molar-refractivity contribution is 0.0942. The van der Waals surface area contributed by atoms with Crippen LogP contribution in [0.1, 0.15) is 16.1 Å². The van der Waals surface area contributed by atoms with Gasteiger partial charge in [0.1, 0.15) is 5.82 Å². The topological polar surface area (TPSA) is 56.2 Å². The minimum atomic E-state index is -0.368. The lowest BCUT2D eigenvalue weighted by Crippen LogP contribution is -2.24. The predicted octanol–water partition coefficient (Wildman–Crippen LogP) is 3.60. The van der Waals surface area contributed by atoms with Gasteiger partial charge in [0.25, 0.3) is 5.91 Å². The van der Waals surface area contributed by atoms with E-state index in [-0.39, 0.29) is 17.4 Å². The number of benzene rings is 2. The molecular weight excluding hydrogens is 345 g/mol. The number of carbonyl (C=O) groups excluding carboxylic acids is 1. The molecule has 0 bridgehead atoms. The maximum atomic E-state index is 13.0. The van der Waals surface area contributed by atoms with Crippen LogP contribution < -0.4 is 10.1 Å². The largest absolute Gasteiger partial charge is 0.493 e. The van der Waals surface area contributed by atoms with E-state index in [2.05, 4.69) is 10.4 Å². The van der Waals surface area contributed by atoms with E-state index >= 15 is 0 Å². The molecule has 1 amide bonds. The first-order valence-corrected chi connectivity index (χ1v) is 7.87. The maximum Gasteiger partial charge on any atom is 0.275 e. The normalized spacial score (nSPS) is 10.5. The van der Waals surface area contributed by atoms with Crippen LogP contribution in [-0.2, 0) is 6.54 Å². The summed E-state index contributed by atoms with van der Waals surface area (Å²) in [6.07, 6.45) is 1.57. The van der Waals surface area contributed by atoms with Crippen LogP contribution in [0.2, 0.25) is 5.02 Å². The molecule has 1 aromatic heterocycles. The van der Waals surface area contributed by atoms with E-state index in [0.29, 0.717) is 23.0 Å². The van der Waals surface area contributed by atoms with Gasteiger partial charge in [0.05, 0.1) is 19.0 Å². The first-order chi connectivity index (χ1) is 12.1. The average Bonchev–Trinajstić information content (AvgIpc) is 3.06. The molecule has 1 heterocycles. The third-order valence-corrected chi connectivity index (χ3v) is 3.83. The fourth-order valence-electron chi connectivity index (χ4n) is 2.26. The van der Waals surface area contributed by atoms with Crippen molar-refractivity contribution in [1.82, 2.24) is 15.1 Å². The van der Waals surface area contributed by atoms with Crippen molar-refractivity contribution in [2.24, 2.45) is 0 Å². The van der Waals surface area contributed by atoms with Crippen LogP contribution in [0.25, 0.3) is 5.69 Å². The lowest BCUT2D eigenvalue weighted by Gasteiger charge is -2.05. The molecule has 0 aliphatic heterocycles. The molecule has 5 nitrogen and oxygen atoms in total. The van der Waals surface area contributed by atoms with E-state index in [1.54, 1.807) is 30.5 Å². The summed E-state index contributed by atoms with van der Waals surface area (Å²) in [4.78, 5) is 12.4. The summed E-state index contributed by atoms with van der Waals surface area (Å²) in [7, 11) is 1.46. The van der Waals surface area contributed by atoms with Gasteiger partial charge >= 0.3 is 0 Å². The number of aromatic nitrogens is 2. The molecule has 3 aromatic rings. The molecule has 0 saturated heterocycles. The molecule has 3 rings (SSSR count). The molecule has 0 aliphatic carbocycles. The monoisotopic (exact) mass is 359 g/mol. The number of carbonyl (C=O) groups is 1. The van der Waals surface area contributed by atoms with E-state index in [9.17, 15) is 9.18 Å². The number of ether oxygens (including phenoxy) is 1. The highest BCUT2D eigenvalue weighted by atomic mass is 35.5. The molecule has 0 atom stereocenters. The summed E-state index contributed by atoms with van der Waals surface area (Å²) in [5, 5.41) is 7.66. The summed E-state index contributed by atoms with van der Waals surface area (Å²) in [6, 6.07) is 13.0. The molecule has 0 aliphatic rings. The van der Waals surface area contributed by atoms with Crippen molar-refractivity contribution < 1.29 is 13.9 Å². The molecule has 7 heteroatoms. The second-order valence-corrected chi connectivity index (χ2v) is 5.71. The number of nitrogens with zero attached hydrogens (tertiary/aromatic N) is 2. The van der Waals surface area contributed by atoms with Crippen molar-refractivity contribution in [3.63, 3.8) is 0 Å². The molecule has 0 radical (unpaired) electrons. The van der Waals surface area contributed by atoms with Gasteiger partial charge in [-0.3, -0.25) is 4.79 Å². The summed E-state index contributed by atoms with van der Waals surface area (Å²) < 4.78 is 19.7. The second-order valence-electron chi connectivity index (χ2n) is 5.28. The zero-order valence-corrected chi connectivity index (χ0v) is 14.1. The van der Waals surface area contributed by atoms with Gasteiger partial charge < -0.3 is 10.1 Å². The van der Waals surface area contributed by atoms with Gasteiger partial charge in [-0.05, 0) is 42.0 Å². The van der Waals surface area contributed by atoms with Gasteiger partial charge in [0, 0.05) is 11.6 Å². The fraction of sp³-hybridized carbons (Fsp3) is 0.111. The Kier molecular flexibility index (Phi) is 5.00. The quantitative estimate of drug-likeness (QED) is 0.757. The molecule has 25 heavy (non-hydrogen) atoms. The van der Waals surface area contributed by atoms with Gasteiger partial charge in [-0.1, -0.05) is 23.7 Å². The van der Waals surface area contributed by atoms with E-state index in [1.165, 1.54) is 23.9 Å². The van der Waals surface area contributed by atoms with E-state index < -0.39 is 0 Å². The number of methoxy groups -OCH3 is 1. The Bertz CT molecular complexity index is 876. The third-order valence-electron chi connectivity index (χ3n) is 3.57. The lowest BCUT2D eigenvalue weighted by atomic mass is 10.2. The van der Waals surface area contributed by atoms with Crippen LogP contribution >= 0.6 is 11.6 Å². The van der Waals surface area contributed by atoms with Crippen molar-refractivity contribution >= 4 is 17.5 Å². The number of halogens is 2. The fourth-order valence-corrected chi connectivity index (χ4v) is 2.39. The Morgan fingerprint density at radius 2 is 1.88 bits per heavy atom. The highest BCUT2D eigenvalue weighted by molar-refractivity contribution is 6.30. The SMILES string of the molecule is COc1cn(-c2ccc(F)cc2)nc1C(=O)NCc1ccc(Cl)cc1. The molecule has 0 saturated carbocycles. The smallest absolute Gasteiger partial charge is 0.275 e. The average molecular weight is 360 g/mol. The maximum absolute atomic E-state index is 13.0. The van der Waals surface area contributed by atoms with Crippen molar-refractivity contribution in [2.75, 3.05) is 7.11 Å². The van der Waals surface area contributed by atoms with E-state index in [0.717, 1.165) is 5.56 Å². The summed E-state index contributed by atoms with van der Waals surface area (Å²) in [5.41, 5.74) is 1.69. The zero-order valence-electron chi connectivity index (χ0n) is 13.4. The van der Waals surface area contributed by atoms with E-state index in [4.69, 9.17) is 16.3 Å². The summed E-state index contributed by atoms with van der Waals surface area (Å²) in [5.74, 6) is -0.380. The Morgan fingerprint density at radius 1 is 1.20 bits per heavy atom. The highest BCUT2D eigenvalue weighted by Gasteiger charge is 2.18. The number of rotatable bonds is 5. The number of nitrogens with one attached hydrogen (secondary N) is 1. The van der Waals surface area contributed by atoms with Gasteiger partial charge in [0.15, 0.2) is 11.4 Å². The first-order valence-electron chi connectivity index (χ1n) is 7.49. The van der Waals surface area contributed by atoms with Crippen LogP contribution in [0.3, 0.4) is 0 Å². The van der Waals surface area contributed by atoms with Crippen molar-refractivity contribution in [3.05, 3.63) is 76.8 Å². The minimum absolute atomic E-state index is 0.154. The summed E-state index contributed by atoms with van der Waals surface area (Å²) in [6.45, 7) is 0.336. The Labute approximate surface area is 149 Å². The van der Waals surface area contributed by atoms with Crippen LogP contribution in [0.5, 0.6) is 5.75 Å². The molecule has 1 N–H and O–H groups in total. The van der Waals surface area contributed by atoms with Crippen LogP contribution in [0.4, 0.5) is 4.39 Å². The number of amides is 1. The Morgan fingerprint density at radius 3 is 2.52 bits per heavy atom. The zero-order chi connectivity index (χ0) is 17.8. The molecule has 128 valence electrons. The third kappa shape index (κ3) is 3.97. The Balaban J connectivity index is 1.77. The van der Waals surface area contributed by atoms with E-state index in [1.807, 2.05) is 12.1 Å². The van der Waals surface area contributed by atoms with Gasteiger partial charge in [0.2, 0.25) is 0 Å². The van der Waals surface area contributed by atoms with Gasteiger partial charge in [-0.25, -0.2) is 9.07 Å². The second kappa shape index (κ2) is 7.36. The van der Waals surface area contributed by atoms with Gasteiger partial charge in [-0.15, -0.1) is 0 Å². The number of hydrogen-bond acceptors (Lipinski definition) is 3. The standard InChI is InChI=1S/C18H15ClFN3O2/c1-25-16-11-23(15-8-6-14(20)7-9-15)22-17(16)18(24)21-10-12-2-4-13(19)5-3-12/h2-9,11H,10H2,1H3,(H,21,24). The predicted molar refractivity (Wildman–Crippen MR) is 92.7 cm³/mol. The van der Waals surface area contributed by atoms with Crippen LogP contribution in [-0.4, -0.2) is 22.8 Å². The van der Waals surface area contributed by atoms with Crippen molar-refractivity contribution in [3.8, 4) is 11.4 Å². The van der Waals surface area contributed by atoms with Crippen molar-refractivity contribution in [2.45, 2.75) is 6.54 Å². The Hall–Kier alpha value is -2.86. The number of hydrogen-bond donors (Lipinski definition) is 1. The first kappa shape index (κ1) is 17.0. The molecule has 2 aromatic carbocycles. The minimum Gasteiger partial charge on any atom is -0.493 e. The highest BCUT2D eigenvalue weighted by Crippen LogP contribution is 2.20. The molecular formula is C18H15ClFN3O2. The molecule has 0 fully saturated rings. The van der Waals surface area contributed by atoms with Crippen LogP contribution in [0, 0.1) is 5.82 Å². The van der Waals surface area contributed by atoms with Gasteiger partial charge in [-0.2, -0.15) is 5.10 Å². The molecule has 0 unspecified atom stereocenters. The summed E-state index contributed by atoms with van der Waals surface area (Å²) >= 11 is 5.84. The molecule has 0 spiro atoms. The van der Waals surface area contributed by atoms with Crippen LogP contribution in [0.15, 0.2) is 54.7 Å².